The van der Waals surface area contributed by atoms with E-state index < -0.39 is 0 Å². The molecule has 0 radical (unpaired) electrons. The largest absolute Gasteiger partial charge is 0.487 e. The minimum Gasteiger partial charge on any atom is -0.487 e. The number of hydrogen-bond donors (Lipinski definition) is 2. The first kappa shape index (κ1) is 13.3. The maximum Gasteiger partial charge on any atom is 0.125 e. The van der Waals surface area contributed by atoms with Gasteiger partial charge in [0.05, 0.1) is 19.3 Å². The number of aryl methyl sites for hydroxylation is 2. The van der Waals surface area contributed by atoms with Gasteiger partial charge in [0, 0.05) is 13.1 Å². The van der Waals surface area contributed by atoms with E-state index in [2.05, 4.69) is 0 Å². The molecule has 0 aromatic heterocycles. The lowest BCUT2D eigenvalue weighted by Gasteiger charge is -2.43. The van der Waals surface area contributed by atoms with E-state index >= 15 is 0 Å². The molecule has 0 amide bonds. The highest BCUT2D eigenvalue weighted by atomic mass is 16.5. The Labute approximate surface area is 108 Å². The van der Waals surface area contributed by atoms with Crippen LogP contribution in [0.25, 0.3) is 0 Å². The monoisotopic (exact) mass is 251 g/mol. The molecular weight excluding hydrogens is 230 g/mol. The summed E-state index contributed by atoms with van der Waals surface area (Å²) in [7, 11) is 0. The molecule has 1 aromatic carbocycles. The van der Waals surface area contributed by atoms with Gasteiger partial charge in [0.1, 0.15) is 11.9 Å². The van der Waals surface area contributed by atoms with Crippen LogP contribution in [0, 0.1) is 13.8 Å². The van der Waals surface area contributed by atoms with Crippen molar-refractivity contribution in [2.45, 2.75) is 26.0 Å². The molecule has 2 rings (SSSR count). The topological polar surface area (TPSA) is 52.9 Å². The summed E-state index contributed by atoms with van der Waals surface area (Å²) in [6, 6.07) is 5.97. The maximum absolute atomic E-state index is 9.08. The zero-order valence-corrected chi connectivity index (χ0v) is 11.0. The fourth-order valence-electron chi connectivity index (χ4n) is 2.28. The van der Waals surface area contributed by atoms with Crippen LogP contribution in [-0.2, 0) is 0 Å². The standard InChI is InChI=1S/C14H21NO3/c1-10-4-3-5-11(2)14(10)18-13-6-15(7-13)12(8-16)9-17/h3-5,12-13,16-17H,6-9H2,1-2H3. The van der Waals surface area contributed by atoms with Crippen LogP contribution in [0.2, 0.25) is 0 Å². The molecule has 100 valence electrons. The second-order valence-electron chi connectivity index (χ2n) is 4.93. The number of para-hydroxylation sites is 1. The normalized spacial score (nSPS) is 16.9. The summed E-state index contributed by atoms with van der Waals surface area (Å²) in [5, 5.41) is 18.2. The Morgan fingerprint density at radius 2 is 1.78 bits per heavy atom. The van der Waals surface area contributed by atoms with Crippen molar-refractivity contribution in [1.29, 1.82) is 0 Å². The van der Waals surface area contributed by atoms with Crippen LogP contribution in [0.15, 0.2) is 18.2 Å². The summed E-state index contributed by atoms with van der Waals surface area (Å²) in [4.78, 5) is 2.04. The van der Waals surface area contributed by atoms with Gasteiger partial charge in [-0.05, 0) is 25.0 Å². The second kappa shape index (κ2) is 5.69. The third kappa shape index (κ3) is 2.66. The first-order valence-electron chi connectivity index (χ1n) is 6.34. The van der Waals surface area contributed by atoms with Crippen molar-refractivity contribution in [1.82, 2.24) is 4.90 Å². The lowest BCUT2D eigenvalue weighted by Crippen LogP contribution is -2.59. The molecule has 0 spiro atoms. The van der Waals surface area contributed by atoms with Gasteiger partial charge in [0.15, 0.2) is 0 Å². The van der Waals surface area contributed by atoms with E-state index in [0.717, 1.165) is 30.0 Å². The molecule has 0 saturated carbocycles. The molecule has 0 atom stereocenters. The first-order valence-corrected chi connectivity index (χ1v) is 6.34. The van der Waals surface area contributed by atoms with E-state index in [9.17, 15) is 0 Å². The highest BCUT2D eigenvalue weighted by Gasteiger charge is 2.33. The van der Waals surface area contributed by atoms with Gasteiger partial charge in [-0.1, -0.05) is 18.2 Å². The van der Waals surface area contributed by atoms with Crippen LogP contribution in [0.4, 0.5) is 0 Å². The summed E-state index contributed by atoms with van der Waals surface area (Å²) in [6.45, 7) is 5.60. The summed E-state index contributed by atoms with van der Waals surface area (Å²) in [5.74, 6) is 0.965. The summed E-state index contributed by atoms with van der Waals surface area (Å²) >= 11 is 0. The van der Waals surface area contributed by atoms with E-state index in [1.54, 1.807) is 0 Å². The van der Waals surface area contributed by atoms with E-state index in [1.807, 2.05) is 36.9 Å². The van der Waals surface area contributed by atoms with Crippen LogP contribution >= 0.6 is 0 Å². The van der Waals surface area contributed by atoms with Crippen LogP contribution < -0.4 is 4.74 Å². The number of aliphatic hydroxyl groups is 2. The molecule has 1 aromatic rings. The van der Waals surface area contributed by atoms with Crippen molar-refractivity contribution in [3.63, 3.8) is 0 Å². The molecule has 1 aliphatic heterocycles. The smallest absolute Gasteiger partial charge is 0.125 e. The molecule has 0 aliphatic carbocycles. The number of benzene rings is 1. The molecular formula is C14H21NO3. The van der Waals surface area contributed by atoms with E-state index in [0.29, 0.717) is 0 Å². The third-order valence-electron chi connectivity index (χ3n) is 3.51. The molecule has 0 unspecified atom stereocenters. The SMILES string of the molecule is Cc1cccc(C)c1OC1CN(C(CO)CO)C1. The van der Waals surface area contributed by atoms with Crippen LogP contribution in [-0.4, -0.2) is 53.6 Å². The Bertz CT molecular complexity index is 378. The lowest BCUT2D eigenvalue weighted by atomic mass is 10.1. The Morgan fingerprint density at radius 1 is 1.22 bits per heavy atom. The molecule has 1 aliphatic rings. The highest BCUT2D eigenvalue weighted by molar-refractivity contribution is 5.40. The lowest BCUT2D eigenvalue weighted by molar-refractivity contribution is -0.0401. The minimum absolute atomic E-state index is 0.00733. The van der Waals surface area contributed by atoms with Crippen molar-refractivity contribution in [2.75, 3.05) is 26.3 Å². The van der Waals surface area contributed by atoms with Gasteiger partial charge in [-0.2, -0.15) is 0 Å². The van der Waals surface area contributed by atoms with Crippen LogP contribution in [0.5, 0.6) is 5.75 Å². The fraction of sp³-hybridized carbons (Fsp3) is 0.571. The average Bonchev–Trinajstić information content (AvgIpc) is 2.30. The molecule has 18 heavy (non-hydrogen) atoms. The number of nitrogens with zero attached hydrogens (tertiary/aromatic N) is 1. The van der Waals surface area contributed by atoms with Crippen LogP contribution in [0.3, 0.4) is 0 Å². The average molecular weight is 251 g/mol. The quantitative estimate of drug-likeness (QED) is 0.809. The predicted molar refractivity (Wildman–Crippen MR) is 69.9 cm³/mol. The molecule has 4 heteroatoms. The maximum atomic E-state index is 9.08. The second-order valence-corrected chi connectivity index (χ2v) is 4.93. The Balaban J connectivity index is 1.90. The van der Waals surface area contributed by atoms with Gasteiger partial charge in [-0.25, -0.2) is 0 Å². The van der Waals surface area contributed by atoms with Gasteiger partial charge in [0.2, 0.25) is 0 Å². The van der Waals surface area contributed by atoms with E-state index in [4.69, 9.17) is 14.9 Å². The van der Waals surface area contributed by atoms with Gasteiger partial charge in [-0.15, -0.1) is 0 Å². The minimum atomic E-state index is -0.150. The molecule has 1 heterocycles. The van der Waals surface area contributed by atoms with Crippen molar-refractivity contribution in [2.24, 2.45) is 0 Å². The van der Waals surface area contributed by atoms with E-state index in [1.165, 1.54) is 0 Å². The van der Waals surface area contributed by atoms with Crippen molar-refractivity contribution in [3.05, 3.63) is 29.3 Å². The molecule has 2 N–H and O–H groups in total. The van der Waals surface area contributed by atoms with Gasteiger partial charge >= 0.3 is 0 Å². The highest BCUT2D eigenvalue weighted by Crippen LogP contribution is 2.26. The number of aliphatic hydroxyl groups excluding tert-OH is 2. The summed E-state index contributed by atoms with van der Waals surface area (Å²) in [5.41, 5.74) is 2.30. The zero-order chi connectivity index (χ0) is 13.1. The Hall–Kier alpha value is -1.10. The number of likely N-dealkylation sites (tertiary alicyclic amines) is 1. The van der Waals surface area contributed by atoms with Crippen molar-refractivity contribution in [3.8, 4) is 5.75 Å². The molecule has 4 nitrogen and oxygen atoms in total. The number of ether oxygens (including phenoxy) is 1. The summed E-state index contributed by atoms with van der Waals surface area (Å²) in [6.07, 6.45) is 0.158. The Kier molecular flexibility index (Phi) is 4.22. The molecule has 0 bridgehead atoms. The number of rotatable bonds is 5. The number of hydrogen-bond acceptors (Lipinski definition) is 4. The predicted octanol–water partition coefficient (Wildman–Crippen LogP) is 0.720. The van der Waals surface area contributed by atoms with Crippen LogP contribution in [0.1, 0.15) is 11.1 Å². The van der Waals surface area contributed by atoms with Gasteiger partial charge in [-0.3, -0.25) is 4.90 Å². The van der Waals surface area contributed by atoms with E-state index in [-0.39, 0.29) is 25.4 Å². The van der Waals surface area contributed by atoms with Crippen molar-refractivity contribution >= 4 is 0 Å². The van der Waals surface area contributed by atoms with Gasteiger partial charge < -0.3 is 14.9 Å². The zero-order valence-electron chi connectivity index (χ0n) is 11.0. The van der Waals surface area contributed by atoms with Crippen molar-refractivity contribution < 1.29 is 14.9 Å². The molecule has 1 saturated heterocycles. The fourth-order valence-corrected chi connectivity index (χ4v) is 2.28. The first-order chi connectivity index (χ1) is 8.65. The third-order valence-corrected chi connectivity index (χ3v) is 3.51. The Morgan fingerprint density at radius 3 is 2.28 bits per heavy atom. The van der Waals surface area contributed by atoms with Gasteiger partial charge in [0.25, 0.3) is 0 Å². The molecule has 1 fully saturated rings. The summed E-state index contributed by atoms with van der Waals surface area (Å²) < 4.78 is 5.98.